The van der Waals surface area contributed by atoms with Gasteiger partial charge in [0.1, 0.15) is 0 Å². The van der Waals surface area contributed by atoms with Gasteiger partial charge in [-0.3, -0.25) is 0 Å². The maximum Gasteiger partial charge on any atom is 1.00 e. The average Bonchev–Trinajstić information content (AvgIpc) is 1.89. The van der Waals surface area contributed by atoms with Crippen molar-refractivity contribution in [2.24, 2.45) is 0 Å². The van der Waals surface area contributed by atoms with E-state index in [2.05, 4.69) is 6.92 Å². The van der Waals surface area contributed by atoms with Gasteiger partial charge in [-0.25, -0.2) is 0 Å². The van der Waals surface area contributed by atoms with Crippen LogP contribution in [-0.4, -0.2) is 6.61 Å². The molecule has 0 aliphatic heterocycles. The Hall–Kier alpha value is -0.0626. The second kappa shape index (κ2) is 9.94. The van der Waals surface area contributed by atoms with Gasteiger partial charge in [0.05, 0.1) is 0 Å². The second-order valence-electron chi connectivity index (χ2n) is 2.10. The molecule has 0 radical (unpaired) electrons. The van der Waals surface area contributed by atoms with E-state index in [9.17, 15) is 5.11 Å². The third kappa shape index (κ3) is 9.94. The van der Waals surface area contributed by atoms with Crippen LogP contribution in [0.2, 0.25) is 0 Å². The number of unbranched alkanes of at least 4 members (excludes halogenated alkanes) is 2. The summed E-state index contributed by atoms with van der Waals surface area (Å²) in [6, 6.07) is 0. The van der Waals surface area contributed by atoms with Crippen molar-refractivity contribution < 1.29 is 28.7 Å². The zero-order valence-electron chi connectivity index (χ0n) is 7.72. The molecule has 0 fully saturated rings. The number of rotatable bonds is 5. The van der Waals surface area contributed by atoms with Crippen molar-refractivity contribution in [1.29, 1.82) is 0 Å². The van der Waals surface area contributed by atoms with Crippen LogP contribution in [0.5, 0.6) is 0 Å². The number of ether oxygens (including phenoxy) is 1. The SMILES string of the molecule is CCCC/C=C(/[O-])OCC.[Li+]. The molecule has 2 nitrogen and oxygen atoms in total. The Labute approximate surface area is 80.8 Å². The molecule has 0 amide bonds. The first-order valence-electron chi connectivity index (χ1n) is 3.81. The summed E-state index contributed by atoms with van der Waals surface area (Å²) in [6.45, 7) is 4.38. The first-order chi connectivity index (χ1) is 4.81. The molecule has 0 aliphatic rings. The zero-order valence-corrected chi connectivity index (χ0v) is 7.72. The molecule has 0 rings (SSSR count). The van der Waals surface area contributed by atoms with E-state index in [0.717, 1.165) is 19.3 Å². The molecule has 0 aromatic heterocycles. The summed E-state index contributed by atoms with van der Waals surface area (Å²) >= 11 is 0. The molecular formula is C8H15LiO2. The summed E-state index contributed by atoms with van der Waals surface area (Å²) in [7, 11) is 0. The number of hydrogen-bond donors (Lipinski definition) is 0. The Morgan fingerprint density at radius 2 is 2.09 bits per heavy atom. The minimum absolute atomic E-state index is 0. The van der Waals surface area contributed by atoms with Gasteiger partial charge in [0.25, 0.3) is 0 Å². The quantitative estimate of drug-likeness (QED) is 0.269. The van der Waals surface area contributed by atoms with Crippen molar-refractivity contribution in [3.63, 3.8) is 0 Å². The zero-order chi connectivity index (χ0) is 7.82. The van der Waals surface area contributed by atoms with Crippen LogP contribution in [0.1, 0.15) is 33.1 Å². The molecule has 0 spiro atoms. The third-order valence-electron chi connectivity index (χ3n) is 1.16. The standard InChI is InChI=1S/C8H16O2.Li/c1-3-5-6-7-8(9)10-4-2;/h7,9H,3-6H2,1-2H3;/q;+1/p-1/b8-7-;. The summed E-state index contributed by atoms with van der Waals surface area (Å²) in [5.74, 6) is -0.184. The molecule has 0 saturated heterocycles. The van der Waals surface area contributed by atoms with Crippen molar-refractivity contribution in [2.45, 2.75) is 33.1 Å². The number of allylic oxidation sites excluding steroid dienone is 1. The van der Waals surface area contributed by atoms with Crippen LogP contribution in [0, 0.1) is 0 Å². The maximum atomic E-state index is 10.6. The largest absolute Gasteiger partial charge is 1.00 e. The molecule has 0 saturated carbocycles. The van der Waals surface area contributed by atoms with E-state index >= 15 is 0 Å². The van der Waals surface area contributed by atoms with Gasteiger partial charge in [-0.15, -0.1) is 0 Å². The van der Waals surface area contributed by atoms with Gasteiger partial charge in [-0.1, -0.05) is 32.8 Å². The van der Waals surface area contributed by atoms with Crippen LogP contribution in [0.25, 0.3) is 0 Å². The van der Waals surface area contributed by atoms with Gasteiger partial charge in [0, 0.05) is 5.95 Å². The summed E-state index contributed by atoms with van der Waals surface area (Å²) in [4.78, 5) is 0. The normalized spacial score (nSPS) is 10.5. The minimum atomic E-state index is -0.184. The molecule has 60 valence electrons. The van der Waals surface area contributed by atoms with E-state index in [1.54, 1.807) is 6.08 Å². The summed E-state index contributed by atoms with van der Waals surface area (Å²) in [5, 5.41) is 10.6. The van der Waals surface area contributed by atoms with Crippen LogP contribution < -0.4 is 24.0 Å². The van der Waals surface area contributed by atoms with Gasteiger partial charge in [0.2, 0.25) is 0 Å². The van der Waals surface area contributed by atoms with E-state index < -0.39 is 0 Å². The van der Waals surface area contributed by atoms with E-state index in [0.29, 0.717) is 6.61 Å². The van der Waals surface area contributed by atoms with Crippen LogP contribution in [-0.2, 0) is 4.74 Å². The Bertz CT molecular complexity index is 102. The minimum Gasteiger partial charge on any atom is -0.614 e. The first-order valence-corrected chi connectivity index (χ1v) is 3.81. The molecular weight excluding hydrogens is 135 g/mol. The predicted octanol–water partition coefficient (Wildman–Crippen LogP) is -1.58. The summed E-state index contributed by atoms with van der Waals surface area (Å²) in [6.07, 6.45) is 4.64. The fourth-order valence-corrected chi connectivity index (χ4v) is 0.625. The molecule has 0 bridgehead atoms. The van der Waals surface area contributed by atoms with Crippen molar-refractivity contribution >= 4 is 0 Å². The third-order valence-corrected chi connectivity index (χ3v) is 1.16. The van der Waals surface area contributed by atoms with Gasteiger partial charge in [0.15, 0.2) is 0 Å². The van der Waals surface area contributed by atoms with Crippen molar-refractivity contribution in [3.05, 3.63) is 12.0 Å². The number of hydrogen-bond acceptors (Lipinski definition) is 2. The van der Waals surface area contributed by atoms with Crippen molar-refractivity contribution in [3.8, 4) is 0 Å². The smallest absolute Gasteiger partial charge is 0.614 e. The first kappa shape index (κ1) is 13.5. The molecule has 0 aromatic rings. The van der Waals surface area contributed by atoms with Gasteiger partial charge in [-0.2, -0.15) is 0 Å². The monoisotopic (exact) mass is 150 g/mol. The molecule has 11 heavy (non-hydrogen) atoms. The van der Waals surface area contributed by atoms with E-state index in [-0.39, 0.29) is 24.8 Å². The van der Waals surface area contributed by atoms with Gasteiger partial charge < -0.3 is 9.84 Å². The average molecular weight is 150 g/mol. The van der Waals surface area contributed by atoms with Crippen LogP contribution in [0.4, 0.5) is 0 Å². The Kier molecular flexibility index (Phi) is 12.2. The second-order valence-corrected chi connectivity index (χ2v) is 2.10. The fourth-order valence-electron chi connectivity index (χ4n) is 0.625. The summed E-state index contributed by atoms with van der Waals surface area (Å²) in [5.41, 5.74) is 0. The molecule has 3 heteroatoms. The molecule has 0 aliphatic carbocycles. The molecule has 0 unspecified atom stereocenters. The maximum absolute atomic E-state index is 10.6. The summed E-state index contributed by atoms with van der Waals surface area (Å²) < 4.78 is 4.69. The predicted molar refractivity (Wildman–Crippen MR) is 39.2 cm³/mol. The topological polar surface area (TPSA) is 32.3 Å². The molecule has 0 atom stereocenters. The fraction of sp³-hybridized carbons (Fsp3) is 0.750. The molecule has 0 N–H and O–H groups in total. The van der Waals surface area contributed by atoms with E-state index in [4.69, 9.17) is 4.74 Å². The van der Waals surface area contributed by atoms with Gasteiger partial charge >= 0.3 is 18.9 Å². The Morgan fingerprint density at radius 3 is 2.55 bits per heavy atom. The Morgan fingerprint density at radius 1 is 1.45 bits per heavy atom. The van der Waals surface area contributed by atoms with Gasteiger partial charge in [-0.05, 0) is 13.0 Å². The van der Waals surface area contributed by atoms with Crippen LogP contribution in [0.15, 0.2) is 12.0 Å². The van der Waals surface area contributed by atoms with Crippen LogP contribution >= 0.6 is 0 Å². The molecule has 0 aromatic carbocycles. The van der Waals surface area contributed by atoms with E-state index in [1.165, 1.54) is 0 Å². The van der Waals surface area contributed by atoms with Crippen LogP contribution in [0.3, 0.4) is 0 Å². The van der Waals surface area contributed by atoms with Crippen molar-refractivity contribution in [1.82, 2.24) is 0 Å². The van der Waals surface area contributed by atoms with Crippen molar-refractivity contribution in [2.75, 3.05) is 6.61 Å². The van der Waals surface area contributed by atoms with E-state index in [1.807, 2.05) is 6.92 Å². The Balaban J connectivity index is 0. The molecule has 0 heterocycles.